The summed E-state index contributed by atoms with van der Waals surface area (Å²) < 4.78 is 15.8. The molecule has 17 heavy (non-hydrogen) atoms. The molecular weight excluding hydrogens is 220 g/mol. The number of rotatable bonds is 10. The Labute approximate surface area is 103 Å². The fraction of sp³-hybridized carbons (Fsp3) is 0.750. The van der Waals surface area contributed by atoms with Crippen LogP contribution >= 0.6 is 0 Å². The van der Waals surface area contributed by atoms with Crippen LogP contribution in [0.15, 0.2) is 10.7 Å². The van der Waals surface area contributed by atoms with E-state index in [0.29, 0.717) is 25.8 Å². The minimum atomic E-state index is 0.318. The largest absolute Gasteiger partial charge is 0.448 e. The number of aromatic nitrogens is 1. The molecule has 1 N–H and O–H groups in total. The van der Waals surface area contributed by atoms with Crippen molar-refractivity contribution in [3.8, 4) is 6.08 Å². The zero-order valence-corrected chi connectivity index (χ0v) is 10.7. The van der Waals surface area contributed by atoms with Gasteiger partial charge in [-0.25, -0.2) is 0 Å². The third-order valence-corrected chi connectivity index (χ3v) is 2.07. The first-order valence-electron chi connectivity index (χ1n) is 6.22. The first kappa shape index (κ1) is 14.0. The van der Waals surface area contributed by atoms with Gasteiger partial charge in [0.15, 0.2) is 0 Å². The Morgan fingerprint density at radius 3 is 2.88 bits per heavy atom. The van der Waals surface area contributed by atoms with Crippen LogP contribution in [0.4, 0.5) is 0 Å². The van der Waals surface area contributed by atoms with Crippen LogP contribution in [0, 0.1) is 0 Å². The molecule has 0 aliphatic heterocycles. The SMILES string of the molecule is CCCNCc1coc(OCCOCCC)n1. The standard InChI is InChI=1S/C12H22N2O3/c1-3-5-13-9-11-10-17-12(14-11)16-8-7-15-6-4-2/h10,13H,3-9H2,1-2H3. The summed E-state index contributed by atoms with van der Waals surface area (Å²) in [5.41, 5.74) is 0.864. The summed E-state index contributed by atoms with van der Waals surface area (Å²) in [6.07, 6.45) is 4.06. The maximum Gasteiger partial charge on any atom is 0.393 e. The van der Waals surface area contributed by atoms with E-state index in [0.717, 1.165) is 31.7 Å². The number of hydrogen-bond donors (Lipinski definition) is 1. The fourth-order valence-corrected chi connectivity index (χ4v) is 1.26. The average molecular weight is 242 g/mol. The van der Waals surface area contributed by atoms with Crippen LogP contribution in [-0.4, -0.2) is 31.3 Å². The van der Waals surface area contributed by atoms with Crippen molar-refractivity contribution in [1.82, 2.24) is 10.3 Å². The van der Waals surface area contributed by atoms with E-state index in [2.05, 4.69) is 24.1 Å². The highest BCUT2D eigenvalue weighted by atomic mass is 16.6. The third-order valence-electron chi connectivity index (χ3n) is 2.07. The molecule has 1 rings (SSSR count). The Hall–Kier alpha value is -1.07. The molecule has 98 valence electrons. The Bertz CT molecular complexity index is 289. The molecule has 0 aliphatic rings. The van der Waals surface area contributed by atoms with Gasteiger partial charge in [0.1, 0.15) is 12.9 Å². The lowest BCUT2D eigenvalue weighted by Gasteiger charge is -2.01. The second kappa shape index (κ2) is 9.01. The van der Waals surface area contributed by atoms with Crippen molar-refractivity contribution in [2.24, 2.45) is 0 Å². The second-order valence-electron chi connectivity index (χ2n) is 3.74. The molecule has 0 unspecified atom stereocenters. The molecule has 0 bridgehead atoms. The van der Waals surface area contributed by atoms with Crippen LogP contribution in [-0.2, 0) is 11.3 Å². The summed E-state index contributed by atoms with van der Waals surface area (Å²) >= 11 is 0. The van der Waals surface area contributed by atoms with Crippen LogP contribution in [0.25, 0.3) is 0 Å². The lowest BCUT2D eigenvalue weighted by atomic mass is 10.4. The predicted molar refractivity (Wildman–Crippen MR) is 65.1 cm³/mol. The molecule has 5 heteroatoms. The Kier molecular flexibility index (Phi) is 7.42. The highest BCUT2D eigenvalue weighted by molar-refractivity contribution is 4.99. The van der Waals surface area contributed by atoms with Crippen molar-refractivity contribution in [2.45, 2.75) is 33.2 Å². The van der Waals surface area contributed by atoms with E-state index in [1.54, 1.807) is 6.26 Å². The maximum absolute atomic E-state index is 5.31. The molecule has 1 aromatic heterocycles. The van der Waals surface area contributed by atoms with Crippen molar-refractivity contribution in [3.63, 3.8) is 0 Å². The van der Waals surface area contributed by atoms with Gasteiger partial charge in [-0.2, -0.15) is 4.98 Å². The molecule has 0 aliphatic carbocycles. The summed E-state index contributed by atoms with van der Waals surface area (Å²) in [6.45, 7) is 7.70. The molecule has 0 saturated heterocycles. The molecule has 0 aromatic carbocycles. The van der Waals surface area contributed by atoms with Crippen LogP contribution in [0.5, 0.6) is 6.08 Å². The van der Waals surface area contributed by atoms with Gasteiger partial charge in [-0.1, -0.05) is 13.8 Å². The maximum atomic E-state index is 5.31. The second-order valence-corrected chi connectivity index (χ2v) is 3.74. The van der Waals surface area contributed by atoms with Gasteiger partial charge in [0.05, 0.1) is 12.3 Å². The van der Waals surface area contributed by atoms with Gasteiger partial charge < -0.3 is 19.2 Å². The Morgan fingerprint density at radius 1 is 1.24 bits per heavy atom. The van der Waals surface area contributed by atoms with Gasteiger partial charge in [0.2, 0.25) is 0 Å². The molecule has 1 heterocycles. The number of hydrogen-bond acceptors (Lipinski definition) is 5. The first-order chi connectivity index (χ1) is 8.36. The topological polar surface area (TPSA) is 56.5 Å². The van der Waals surface area contributed by atoms with Crippen molar-refractivity contribution in [2.75, 3.05) is 26.4 Å². The van der Waals surface area contributed by atoms with Crippen LogP contribution in [0.2, 0.25) is 0 Å². The monoisotopic (exact) mass is 242 g/mol. The van der Waals surface area contributed by atoms with Gasteiger partial charge in [-0.05, 0) is 19.4 Å². The van der Waals surface area contributed by atoms with E-state index in [1.807, 2.05) is 0 Å². The normalized spacial score (nSPS) is 10.7. The highest BCUT2D eigenvalue weighted by Crippen LogP contribution is 2.09. The molecule has 0 saturated carbocycles. The molecule has 0 atom stereocenters. The van der Waals surface area contributed by atoms with E-state index < -0.39 is 0 Å². The van der Waals surface area contributed by atoms with Crippen molar-refractivity contribution >= 4 is 0 Å². The van der Waals surface area contributed by atoms with E-state index in [4.69, 9.17) is 13.9 Å². The lowest BCUT2D eigenvalue weighted by Crippen LogP contribution is -2.14. The summed E-state index contributed by atoms with van der Waals surface area (Å²) in [7, 11) is 0. The van der Waals surface area contributed by atoms with Gasteiger partial charge in [0.25, 0.3) is 0 Å². The van der Waals surface area contributed by atoms with Gasteiger partial charge >= 0.3 is 6.08 Å². The summed E-state index contributed by atoms with van der Waals surface area (Å²) in [6, 6.07) is 0. The van der Waals surface area contributed by atoms with E-state index >= 15 is 0 Å². The highest BCUT2D eigenvalue weighted by Gasteiger charge is 2.04. The molecule has 0 spiro atoms. The van der Waals surface area contributed by atoms with E-state index in [9.17, 15) is 0 Å². The predicted octanol–water partition coefficient (Wildman–Crippen LogP) is 1.98. The van der Waals surface area contributed by atoms with Crippen LogP contribution < -0.4 is 10.1 Å². The fourth-order valence-electron chi connectivity index (χ4n) is 1.26. The molecule has 0 fully saturated rings. The number of nitrogens with zero attached hydrogens (tertiary/aromatic N) is 1. The summed E-state index contributed by atoms with van der Waals surface area (Å²) in [5, 5.41) is 3.25. The van der Waals surface area contributed by atoms with Gasteiger partial charge in [-0.3, -0.25) is 0 Å². The lowest BCUT2D eigenvalue weighted by molar-refractivity contribution is 0.0886. The smallest absolute Gasteiger partial charge is 0.393 e. The first-order valence-corrected chi connectivity index (χ1v) is 6.22. The Balaban J connectivity index is 2.12. The van der Waals surface area contributed by atoms with Crippen molar-refractivity contribution in [1.29, 1.82) is 0 Å². The van der Waals surface area contributed by atoms with Gasteiger partial charge in [-0.15, -0.1) is 0 Å². The minimum absolute atomic E-state index is 0.318. The number of nitrogens with one attached hydrogen (secondary N) is 1. The molecular formula is C12H22N2O3. The average Bonchev–Trinajstić information content (AvgIpc) is 2.77. The molecule has 0 amide bonds. The Morgan fingerprint density at radius 2 is 2.12 bits per heavy atom. The third kappa shape index (κ3) is 6.28. The summed E-state index contributed by atoms with van der Waals surface area (Å²) in [4.78, 5) is 4.19. The zero-order chi connectivity index (χ0) is 12.3. The zero-order valence-electron chi connectivity index (χ0n) is 10.7. The van der Waals surface area contributed by atoms with Crippen molar-refractivity contribution < 1.29 is 13.9 Å². The van der Waals surface area contributed by atoms with Crippen LogP contribution in [0.3, 0.4) is 0 Å². The molecule has 5 nitrogen and oxygen atoms in total. The van der Waals surface area contributed by atoms with Crippen molar-refractivity contribution in [3.05, 3.63) is 12.0 Å². The summed E-state index contributed by atoms with van der Waals surface area (Å²) in [5.74, 6) is 0. The number of oxazole rings is 1. The molecule has 0 radical (unpaired) electrons. The van der Waals surface area contributed by atoms with Gasteiger partial charge in [0, 0.05) is 13.2 Å². The molecule has 1 aromatic rings. The van der Waals surface area contributed by atoms with Crippen LogP contribution in [0.1, 0.15) is 32.4 Å². The minimum Gasteiger partial charge on any atom is -0.448 e. The number of ether oxygens (including phenoxy) is 2. The quantitative estimate of drug-likeness (QED) is 0.636. The van der Waals surface area contributed by atoms with E-state index in [-0.39, 0.29) is 0 Å². The van der Waals surface area contributed by atoms with E-state index in [1.165, 1.54) is 0 Å².